The van der Waals surface area contributed by atoms with Gasteiger partial charge in [-0.1, -0.05) is 42.1 Å². The van der Waals surface area contributed by atoms with E-state index >= 15 is 0 Å². The zero-order valence-electron chi connectivity index (χ0n) is 15.8. The Kier molecular flexibility index (Phi) is 6.34. The van der Waals surface area contributed by atoms with E-state index in [1.807, 2.05) is 55.8 Å². The van der Waals surface area contributed by atoms with Crippen molar-refractivity contribution < 1.29 is 9.21 Å². The molecule has 0 saturated carbocycles. The molecule has 0 aliphatic rings. The van der Waals surface area contributed by atoms with E-state index in [2.05, 4.69) is 27.6 Å². The largest absolute Gasteiger partial charge is 0.461 e. The maximum absolute atomic E-state index is 12.5. The molecule has 0 spiro atoms. The van der Waals surface area contributed by atoms with E-state index in [1.54, 1.807) is 6.26 Å². The summed E-state index contributed by atoms with van der Waals surface area (Å²) in [6, 6.07) is 14.1. The predicted octanol–water partition coefficient (Wildman–Crippen LogP) is 3.69. The third kappa shape index (κ3) is 5.01. The van der Waals surface area contributed by atoms with Crippen molar-refractivity contribution in [1.29, 1.82) is 0 Å². The van der Waals surface area contributed by atoms with Gasteiger partial charge in [0.15, 0.2) is 16.7 Å². The summed E-state index contributed by atoms with van der Waals surface area (Å²) in [6.07, 6.45) is 3.45. The first-order valence-electron chi connectivity index (χ1n) is 8.99. The van der Waals surface area contributed by atoms with Gasteiger partial charge in [-0.25, -0.2) is 0 Å². The summed E-state index contributed by atoms with van der Waals surface area (Å²) in [5.41, 5.74) is 1.28. The van der Waals surface area contributed by atoms with Gasteiger partial charge in [-0.2, -0.15) is 0 Å². The number of nitrogens with zero attached hydrogens (tertiary/aromatic N) is 3. The highest BCUT2D eigenvalue weighted by atomic mass is 32.2. The number of carbonyl (C=O) groups excluding carboxylic acids is 1. The Labute approximate surface area is 163 Å². The zero-order chi connectivity index (χ0) is 19.2. The molecule has 3 aromatic rings. The number of benzene rings is 1. The first-order chi connectivity index (χ1) is 13.0. The van der Waals surface area contributed by atoms with Crippen molar-refractivity contribution >= 4 is 17.7 Å². The van der Waals surface area contributed by atoms with E-state index in [-0.39, 0.29) is 17.2 Å². The van der Waals surface area contributed by atoms with Gasteiger partial charge >= 0.3 is 0 Å². The van der Waals surface area contributed by atoms with Crippen molar-refractivity contribution in [2.75, 3.05) is 0 Å². The van der Waals surface area contributed by atoms with Crippen molar-refractivity contribution in [3.63, 3.8) is 0 Å². The number of hydrogen-bond acceptors (Lipinski definition) is 5. The molecule has 1 N–H and O–H groups in total. The van der Waals surface area contributed by atoms with Gasteiger partial charge in [-0.05, 0) is 44.4 Å². The monoisotopic (exact) mass is 384 g/mol. The molecule has 7 heteroatoms. The van der Waals surface area contributed by atoms with Crippen LogP contribution < -0.4 is 5.32 Å². The quantitative estimate of drug-likeness (QED) is 0.600. The fourth-order valence-corrected chi connectivity index (χ4v) is 3.53. The molecule has 0 radical (unpaired) electrons. The molecule has 1 amide bonds. The standard InChI is InChI=1S/C20H24N4O2S/c1-14(11-12-16-8-5-4-6-9-16)21-19(25)15(2)27-20-23-22-18(24(20)3)17-10-7-13-26-17/h4-10,13-15H,11-12H2,1-3H3,(H,21,25)/t14-,15-/m0/s1. The number of hydrogen-bond donors (Lipinski definition) is 1. The van der Waals surface area contributed by atoms with Gasteiger partial charge < -0.3 is 14.3 Å². The summed E-state index contributed by atoms with van der Waals surface area (Å²) in [5, 5.41) is 11.8. The molecule has 2 heterocycles. The molecular formula is C20H24N4O2S. The minimum Gasteiger partial charge on any atom is -0.461 e. The van der Waals surface area contributed by atoms with Crippen molar-refractivity contribution in [3.8, 4) is 11.6 Å². The lowest BCUT2D eigenvalue weighted by Crippen LogP contribution is -2.38. The molecule has 3 rings (SSSR count). The first-order valence-corrected chi connectivity index (χ1v) is 9.86. The van der Waals surface area contributed by atoms with Gasteiger partial charge in [0.1, 0.15) is 0 Å². The highest BCUT2D eigenvalue weighted by Gasteiger charge is 2.21. The fraction of sp³-hybridized carbons (Fsp3) is 0.350. The number of amides is 1. The van der Waals surface area contributed by atoms with Crippen LogP contribution in [-0.2, 0) is 18.3 Å². The molecular weight excluding hydrogens is 360 g/mol. The van der Waals surface area contributed by atoms with Crippen molar-refractivity contribution in [1.82, 2.24) is 20.1 Å². The zero-order valence-corrected chi connectivity index (χ0v) is 16.6. The maximum Gasteiger partial charge on any atom is 0.233 e. The van der Waals surface area contributed by atoms with Crippen LogP contribution in [0.15, 0.2) is 58.3 Å². The van der Waals surface area contributed by atoms with Crippen LogP contribution in [0.2, 0.25) is 0 Å². The molecule has 0 saturated heterocycles. The van der Waals surface area contributed by atoms with Crippen molar-refractivity contribution in [3.05, 3.63) is 54.3 Å². The van der Waals surface area contributed by atoms with Gasteiger partial charge in [-0.15, -0.1) is 10.2 Å². The average Bonchev–Trinajstić information content (AvgIpc) is 3.31. The molecule has 142 valence electrons. The Balaban J connectivity index is 1.52. The van der Waals surface area contributed by atoms with Crippen LogP contribution in [-0.4, -0.2) is 32.0 Å². The van der Waals surface area contributed by atoms with Crippen LogP contribution in [0.25, 0.3) is 11.6 Å². The molecule has 6 nitrogen and oxygen atoms in total. The van der Waals surface area contributed by atoms with Gasteiger partial charge in [0.05, 0.1) is 11.5 Å². The highest BCUT2D eigenvalue weighted by molar-refractivity contribution is 8.00. The summed E-state index contributed by atoms with van der Waals surface area (Å²) in [5.74, 6) is 1.30. The molecule has 0 unspecified atom stereocenters. The average molecular weight is 385 g/mol. The summed E-state index contributed by atoms with van der Waals surface area (Å²) in [7, 11) is 1.87. The summed E-state index contributed by atoms with van der Waals surface area (Å²) >= 11 is 1.39. The van der Waals surface area contributed by atoms with Crippen LogP contribution in [0.1, 0.15) is 25.8 Å². The molecule has 2 aromatic heterocycles. The lowest BCUT2D eigenvalue weighted by atomic mass is 10.1. The SMILES string of the molecule is C[C@H](Sc1nnc(-c2ccco2)n1C)C(=O)N[C@@H](C)CCc1ccccc1. The van der Waals surface area contributed by atoms with Crippen LogP contribution in [0.4, 0.5) is 0 Å². The van der Waals surface area contributed by atoms with Crippen molar-refractivity contribution in [2.24, 2.45) is 7.05 Å². The molecule has 0 fully saturated rings. The Hall–Kier alpha value is -2.54. The second-order valence-electron chi connectivity index (χ2n) is 6.54. The Bertz CT molecular complexity index is 862. The number of thioether (sulfide) groups is 1. The van der Waals surface area contributed by atoms with Crippen LogP contribution in [0.5, 0.6) is 0 Å². The van der Waals surface area contributed by atoms with Gasteiger partial charge in [0, 0.05) is 13.1 Å². The molecule has 27 heavy (non-hydrogen) atoms. The van der Waals surface area contributed by atoms with E-state index in [9.17, 15) is 4.79 Å². The van der Waals surface area contributed by atoms with E-state index in [0.29, 0.717) is 16.7 Å². The van der Waals surface area contributed by atoms with E-state index in [4.69, 9.17) is 4.42 Å². The minimum atomic E-state index is -0.267. The van der Waals surface area contributed by atoms with Gasteiger partial charge in [0.2, 0.25) is 5.91 Å². The topological polar surface area (TPSA) is 73.0 Å². The number of nitrogens with one attached hydrogen (secondary N) is 1. The third-order valence-electron chi connectivity index (χ3n) is 4.33. The Morgan fingerprint density at radius 3 is 2.67 bits per heavy atom. The van der Waals surface area contributed by atoms with Crippen molar-refractivity contribution in [2.45, 2.75) is 43.1 Å². The molecule has 1 aromatic carbocycles. The van der Waals surface area contributed by atoms with Gasteiger partial charge in [-0.3, -0.25) is 4.79 Å². The lowest BCUT2D eigenvalue weighted by molar-refractivity contribution is -0.120. The number of carbonyl (C=O) groups is 1. The summed E-state index contributed by atoms with van der Waals surface area (Å²) in [4.78, 5) is 12.5. The number of rotatable bonds is 8. The summed E-state index contributed by atoms with van der Waals surface area (Å²) in [6.45, 7) is 3.92. The molecule has 2 atom stereocenters. The molecule has 0 aliphatic carbocycles. The number of furan rings is 1. The normalized spacial score (nSPS) is 13.3. The molecule has 0 bridgehead atoms. The second-order valence-corrected chi connectivity index (χ2v) is 7.84. The second kappa shape index (κ2) is 8.90. The molecule has 0 aliphatic heterocycles. The van der Waals surface area contributed by atoms with E-state index in [1.165, 1.54) is 17.3 Å². The Morgan fingerprint density at radius 1 is 1.19 bits per heavy atom. The highest BCUT2D eigenvalue weighted by Crippen LogP contribution is 2.25. The Morgan fingerprint density at radius 2 is 1.96 bits per heavy atom. The predicted molar refractivity (Wildman–Crippen MR) is 106 cm³/mol. The smallest absolute Gasteiger partial charge is 0.233 e. The first kappa shape index (κ1) is 19.2. The van der Waals surface area contributed by atoms with Gasteiger partial charge in [0.25, 0.3) is 0 Å². The van der Waals surface area contributed by atoms with Crippen LogP contribution >= 0.6 is 11.8 Å². The van der Waals surface area contributed by atoms with E-state index in [0.717, 1.165) is 12.8 Å². The minimum absolute atomic E-state index is 0.00288. The lowest BCUT2D eigenvalue weighted by Gasteiger charge is -2.17. The summed E-state index contributed by atoms with van der Waals surface area (Å²) < 4.78 is 7.21. The maximum atomic E-state index is 12.5. The van der Waals surface area contributed by atoms with E-state index < -0.39 is 0 Å². The number of aromatic nitrogens is 3. The third-order valence-corrected chi connectivity index (χ3v) is 5.46. The number of aryl methyl sites for hydroxylation is 1. The van der Waals surface area contributed by atoms with Crippen LogP contribution in [0, 0.1) is 0 Å². The van der Waals surface area contributed by atoms with Crippen LogP contribution in [0.3, 0.4) is 0 Å². The fourth-order valence-electron chi connectivity index (χ4n) is 2.71.